The molecule has 162 valence electrons. The number of nitrogens with one attached hydrogen (secondary N) is 1. The van der Waals surface area contributed by atoms with Crippen LogP contribution in [0.4, 0.5) is 5.69 Å². The molecule has 3 aromatic carbocycles. The molecule has 7 heteroatoms. The van der Waals surface area contributed by atoms with Gasteiger partial charge in [0.25, 0.3) is 0 Å². The molecule has 0 atom stereocenters. The molecular weight excluding hydrogens is 447 g/mol. The van der Waals surface area contributed by atoms with Crippen molar-refractivity contribution in [2.45, 2.75) is 13.3 Å². The summed E-state index contributed by atoms with van der Waals surface area (Å²) in [5.41, 5.74) is 5.77. The fourth-order valence-corrected chi connectivity index (χ4v) is 3.84. The molecule has 0 spiro atoms. The lowest BCUT2D eigenvalue weighted by Crippen LogP contribution is -2.00. The summed E-state index contributed by atoms with van der Waals surface area (Å²) in [7, 11) is 0. The fourth-order valence-electron chi connectivity index (χ4n) is 3.37. The van der Waals surface area contributed by atoms with Crippen LogP contribution in [0.1, 0.15) is 16.7 Å². The summed E-state index contributed by atoms with van der Waals surface area (Å²) in [6.45, 7) is 2.65. The van der Waals surface area contributed by atoms with E-state index < -0.39 is 5.97 Å². The van der Waals surface area contributed by atoms with Crippen molar-refractivity contribution < 1.29 is 14.3 Å². The lowest BCUT2D eigenvalue weighted by molar-refractivity contribution is -0.136. The molecule has 0 aliphatic carbocycles. The van der Waals surface area contributed by atoms with Crippen molar-refractivity contribution in [3.05, 3.63) is 87.4 Å². The van der Waals surface area contributed by atoms with Crippen LogP contribution in [-0.2, 0) is 11.2 Å². The summed E-state index contributed by atoms with van der Waals surface area (Å²) in [5, 5.41) is 13.6. The average molecular weight is 467 g/mol. The van der Waals surface area contributed by atoms with Crippen molar-refractivity contribution in [3.8, 4) is 11.5 Å². The minimum Gasteiger partial charge on any atom is -0.481 e. The first-order valence-corrected chi connectivity index (χ1v) is 10.7. The molecule has 2 N–H and O–H groups in total. The van der Waals surface area contributed by atoms with E-state index in [0.29, 0.717) is 39.1 Å². The van der Waals surface area contributed by atoms with Gasteiger partial charge in [0, 0.05) is 27.8 Å². The van der Waals surface area contributed by atoms with Gasteiger partial charge in [0.05, 0.1) is 6.42 Å². The summed E-state index contributed by atoms with van der Waals surface area (Å²) in [6, 6.07) is 16.6. The largest absolute Gasteiger partial charge is 0.481 e. The molecule has 1 aromatic heterocycles. The third-order valence-corrected chi connectivity index (χ3v) is 5.51. The van der Waals surface area contributed by atoms with E-state index >= 15 is 0 Å². The number of aliphatic carboxylic acids is 1. The van der Waals surface area contributed by atoms with Crippen molar-refractivity contribution in [3.63, 3.8) is 0 Å². The molecule has 5 nitrogen and oxygen atoms in total. The number of hydrogen-bond acceptors (Lipinski definition) is 4. The summed E-state index contributed by atoms with van der Waals surface area (Å²) in [4.78, 5) is 15.5. The normalized spacial score (nSPS) is 11.3. The minimum atomic E-state index is -0.877. The number of carboxylic acid groups (broad SMARTS) is 1. The summed E-state index contributed by atoms with van der Waals surface area (Å²) >= 11 is 12.1. The van der Waals surface area contributed by atoms with Gasteiger partial charge in [-0.05, 0) is 66.1 Å². The lowest BCUT2D eigenvalue weighted by atomic mass is 10.1. The van der Waals surface area contributed by atoms with Gasteiger partial charge >= 0.3 is 5.97 Å². The van der Waals surface area contributed by atoms with Crippen LogP contribution in [0.5, 0.6) is 0 Å². The van der Waals surface area contributed by atoms with Crippen molar-refractivity contribution >= 4 is 52.0 Å². The Labute approximate surface area is 195 Å². The van der Waals surface area contributed by atoms with Gasteiger partial charge in [-0.3, -0.25) is 4.79 Å². The minimum absolute atomic E-state index is 0.0454. The molecule has 0 radical (unpaired) electrons. The Balaban J connectivity index is 1.45. The first kappa shape index (κ1) is 21.9. The highest BCUT2D eigenvalue weighted by molar-refractivity contribution is 6.35. The smallest absolute Gasteiger partial charge is 0.307 e. The summed E-state index contributed by atoms with van der Waals surface area (Å²) in [6.07, 6.45) is 3.90. The summed E-state index contributed by atoms with van der Waals surface area (Å²) < 4.78 is 5.86. The number of benzene rings is 3. The predicted octanol–water partition coefficient (Wildman–Crippen LogP) is 6.86. The van der Waals surface area contributed by atoms with Crippen LogP contribution in [0.2, 0.25) is 10.0 Å². The van der Waals surface area contributed by atoms with Crippen LogP contribution < -0.4 is 5.32 Å². The number of rotatable bonds is 7. The van der Waals surface area contributed by atoms with E-state index in [4.69, 9.17) is 32.7 Å². The third kappa shape index (κ3) is 5.13. The molecule has 0 unspecified atom stereocenters. The second-order valence-corrected chi connectivity index (χ2v) is 8.21. The Morgan fingerprint density at radius 2 is 1.97 bits per heavy atom. The zero-order valence-corrected chi connectivity index (χ0v) is 18.7. The molecule has 1 heterocycles. The molecule has 0 saturated carbocycles. The average Bonchev–Trinajstić information content (AvgIpc) is 3.16. The van der Waals surface area contributed by atoms with E-state index in [0.717, 1.165) is 22.4 Å². The van der Waals surface area contributed by atoms with Gasteiger partial charge in [0.1, 0.15) is 5.52 Å². The van der Waals surface area contributed by atoms with E-state index in [1.807, 2.05) is 49.4 Å². The monoisotopic (exact) mass is 466 g/mol. The van der Waals surface area contributed by atoms with Gasteiger partial charge in [-0.15, -0.1) is 0 Å². The van der Waals surface area contributed by atoms with Crippen molar-refractivity contribution in [2.24, 2.45) is 0 Å². The number of hydrogen-bond donors (Lipinski definition) is 2. The standard InChI is InChI=1S/C25H20Cl2N2O3/c1-15-11-18(25-29-22-12-16(13-24(30)31)4-9-23(22)32-25)6-8-21(15)28-10-2-3-17-5-7-19(26)14-20(17)27/h2-9,11-12,14,28H,10,13H2,1H3,(H,30,31). The van der Waals surface area contributed by atoms with Crippen LogP contribution in [0.15, 0.2) is 65.1 Å². The van der Waals surface area contributed by atoms with Crippen molar-refractivity contribution in [1.82, 2.24) is 4.98 Å². The van der Waals surface area contributed by atoms with Crippen LogP contribution in [0.25, 0.3) is 28.6 Å². The number of oxazole rings is 1. The Morgan fingerprint density at radius 1 is 1.12 bits per heavy atom. The van der Waals surface area contributed by atoms with Gasteiger partial charge in [-0.2, -0.15) is 0 Å². The van der Waals surface area contributed by atoms with E-state index in [2.05, 4.69) is 10.3 Å². The number of nitrogens with zero attached hydrogens (tertiary/aromatic N) is 1. The SMILES string of the molecule is Cc1cc(-c2nc3cc(CC(=O)O)ccc3o2)ccc1NCC=Cc1ccc(Cl)cc1Cl. The second kappa shape index (κ2) is 9.47. The quantitative estimate of drug-likeness (QED) is 0.311. The predicted molar refractivity (Wildman–Crippen MR) is 130 cm³/mol. The molecule has 4 aromatic rings. The first-order valence-electron chi connectivity index (χ1n) is 9.97. The number of aromatic nitrogens is 1. The molecule has 0 bridgehead atoms. The van der Waals surface area contributed by atoms with Crippen molar-refractivity contribution in [1.29, 1.82) is 0 Å². The highest BCUT2D eigenvalue weighted by Gasteiger charge is 2.11. The number of fused-ring (bicyclic) bond motifs is 1. The van der Waals surface area contributed by atoms with Gasteiger partial charge in [-0.25, -0.2) is 4.98 Å². The highest BCUT2D eigenvalue weighted by Crippen LogP contribution is 2.28. The zero-order chi connectivity index (χ0) is 22.7. The Hall–Kier alpha value is -3.28. The number of aryl methyl sites for hydroxylation is 1. The van der Waals surface area contributed by atoms with Crippen LogP contribution in [-0.4, -0.2) is 22.6 Å². The van der Waals surface area contributed by atoms with E-state index in [-0.39, 0.29) is 6.42 Å². The highest BCUT2D eigenvalue weighted by atomic mass is 35.5. The van der Waals surface area contributed by atoms with Crippen LogP contribution in [0.3, 0.4) is 0 Å². The molecule has 0 aliphatic heterocycles. The Morgan fingerprint density at radius 3 is 2.72 bits per heavy atom. The maximum absolute atomic E-state index is 10.9. The fraction of sp³-hybridized carbons (Fsp3) is 0.120. The molecule has 0 aliphatic rings. The number of carboxylic acids is 1. The van der Waals surface area contributed by atoms with E-state index in [1.165, 1.54) is 0 Å². The van der Waals surface area contributed by atoms with E-state index in [9.17, 15) is 4.79 Å². The molecule has 4 rings (SSSR count). The molecule has 0 amide bonds. The zero-order valence-electron chi connectivity index (χ0n) is 17.2. The van der Waals surface area contributed by atoms with Gasteiger partial charge in [0.2, 0.25) is 5.89 Å². The van der Waals surface area contributed by atoms with Gasteiger partial charge < -0.3 is 14.8 Å². The molecule has 0 fully saturated rings. The number of anilines is 1. The molecule has 32 heavy (non-hydrogen) atoms. The first-order chi connectivity index (χ1) is 15.4. The Bertz CT molecular complexity index is 1330. The molecular formula is C25H20Cl2N2O3. The number of carbonyl (C=O) groups is 1. The lowest BCUT2D eigenvalue weighted by Gasteiger charge is -2.08. The Kier molecular flexibility index (Phi) is 6.49. The maximum Gasteiger partial charge on any atom is 0.307 e. The third-order valence-electron chi connectivity index (χ3n) is 4.95. The topological polar surface area (TPSA) is 75.4 Å². The summed E-state index contributed by atoms with van der Waals surface area (Å²) in [5.74, 6) is -0.378. The van der Waals surface area contributed by atoms with Gasteiger partial charge in [0.15, 0.2) is 5.58 Å². The van der Waals surface area contributed by atoms with Crippen molar-refractivity contribution in [2.75, 3.05) is 11.9 Å². The van der Waals surface area contributed by atoms with E-state index in [1.54, 1.807) is 24.3 Å². The molecule has 0 saturated heterocycles. The van der Waals surface area contributed by atoms with Crippen LogP contribution >= 0.6 is 23.2 Å². The number of halogens is 2. The van der Waals surface area contributed by atoms with Crippen LogP contribution in [0, 0.1) is 6.92 Å². The second-order valence-electron chi connectivity index (χ2n) is 7.37. The maximum atomic E-state index is 10.9. The van der Waals surface area contributed by atoms with Gasteiger partial charge in [-0.1, -0.05) is 47.5 Å².